The zero-order valence-corrected chi connectivity index (χ0v) is 11.8. The Morgan fingerprint density at radius 1 is 1.50 bits per heavy atom. The van der Waals surface area contributed by atoms with Gasteiger partial charge in [-0.2, -0.15) is 0 Å². The number of aromatic nitrogens is 1. The molecule has 1 aliphatic carbocycles. The molecule has 1 amide bonds. The van der Waals surface area contributed by atoms with Crippen molar-refractivity contribution in [2.45, 2.75) is 25.9 Å². The quantitative estimate of drug-likeness (QED) is 0.910. The first-order chi connectivity index (χ1) is 9.72. The molecule has 1 aliphatic heterocycles. The molecule has 2 heterocycles. The molecule has 5 heteroatoms. The van der Waals surface area contributed by atoms with Crippen LogP contribution in [-0.2, 0) is 9.53 Å². The second kappa shape index (κ2) is 5.79. The molecule has 5 nitrogen and oxygen atoms in total. The minimum absolute atomic E-state index is 0.0982. The maximum absolute atomic E-state index is 11.4. The fourth-order valence-corrected chi connectivity index (χ4v) is 2.40. The lowest BCUT2D eigenvalue weighted by Gasteiger charge is -2.32. The largest absolute Gasteiger partial charge is 0.384 e. The summed E-state index contributed by atoms with van der Waals surface area (Å²) in [5.74, 6) is 0.946. The molecule has 1 unspecified atom stereocenters. The van der Waals surface area contributed by atoms with E-state index >= 15 is 0 Å². The molecule has 0 aromatic carbocycles. The van der Waals surface area contributed by atoms with Crippen molar-refractivity contribution < 1.29 is 9.53 Å². The summed E-state index contributed by atoms with van der Waals surface area (Å²) >= 11 is 0. The average molecular weight is 275 g/mol. The van der Waals surface area contributed by atoms with Gasteiger partial charge in [0.15, 0.2) is 0 Å². The van der Waals surface area contributed by atoms with Gasteiger partial charge in [0.05, 0.1) is 30.7 Å². The van der Waals surface area contributed by atoms with Crippen LogP contribution in [0.5, 0.6) is 0 Å². The number of anilines is 1. The van der Waals surface area contributed by atoms with Gasteiger partial charge in [-0.1, -0.05) is 0 Å². The van der Waals surface area contributed by atoms with E-state index in [0.717, 1.165) is 23.8 Å². The van der Waals surface area contributed by atoms with Crippen molar-refractivity contribution in [2.75, 3.05) is 31.6 Å². The molecule has 1 N–H and O–H groups in total. The number of rotatable bonds is 4. The molecule has 20 heavy (non-hydrogen) atoms. The van der Waals surface area contributed by atoms with Crippen LogP contribution < -0.4 is 5.32 Å². The summed E-state index contributed by atoms with van der Waals surface area (Å²) < 4.78 is 5.72. The predicted molar refractivity (Wildman–Crippen MR) is 76.4 cm³/mol. The Bertz CT molecular complexity index is 471. The first-order valence-corrected chi connectivity index (χ1v) is 7.29. The summed E-state index contributed by atoms with van der Waals surface area (Å²) in [6, 6.07) is 4.03. The second-order valence-corrected chi connectivity index (χ2v) is 5.62. The van der Waals surface area contributed by atoms with Crippen LogP contribution in [0.1, 0.15) is 31.6 Å². The number of pyridine rings is 1. The molecule has 0 bridgehead atoms. The van der Waals surface area contributed by atoms with Crippen LogP contribution in [0.3, 0.4) is 0 Å². The van der Waals surface area contributed by atoms with Gasteiger partial charge in [0, 0.05) is 20.0 Å². The molecular weight excluding hydrogens is 254 g/mol. The average Bonchev–Trinajstić information content (AvgIpc) is 3.30. The van der Waals surface area contributed by atoms with Crippen molar-refractivity contribution in [3.05, 3.63) is 24.0 Å². The van der Waals surface area contributed by atoms with Gasteiger partial charge in [-0.15, -0.1) is 0 Å². The topological polar surface area (TPSA) is 54.5 Å². The van der Waals surface area contributed by atoms with Crippen LogP contribution in [0.25, 0.3) is 0 Å². The van der Waals surface area contributed by atoms with Crippen LogP contribution in [0.2, 0.25) is 0 Å². The van der Waals surface area contributed by atoms with E-state index in [1.807, 2.05) is 23.2 Å². The number of ether oxygens (including phenoxy) is 1. The maximum atomic E-state index is 11.4. The lowest BCUT2D eigenvalue weighted by atomic mass is 10.2. The standard InChI is InChI=1S/C15H21N3O2/c1-11(19)18-6-7-20-15(10-18)14-5-4-13(9-17-14)16-8-12-2-3-12/h4-5,9,12,15-16H,2-3,6-8,10H2,1H3. The van der Waals surface area contributed by atoms with Crippen LogP contribution in [0.15, 0.2) is 18.3 Å². The molecule has 1 aromatic rings. The molecule has 0 radical (unpaired) electrons. The van der Waals surface area contributed by atoms with Crippen molar-refractivity contribution in [2.24, 2.45) is 5.92 Å². The number of hydrogen-bond donors (Lipinski definition) is 1. The molecular formula is C15H21N3O2. The van der Waals surface area contributed by atoms with E-state index in [-0.39, 0.29) is 12.0 Å². The Labute approximate surface area is 119 Å². The third-order valence-corrected chi connectivity index (χ3v) is 3.92. The molecule has 0 spiro atoms. The minimum Gasteiger partial charge on any atom is -0.384 e. The van der Waals surface area contributed by atoms with E-state index in [9.17, 15) is 4.79 Å². The van der Waals surface area contributed by atoms with Crippen molar-refractivity contribution in [3.63, 3.8) is 0 Å². The Morgan fingerprint density at radius 3 is 3.00 bits per heavy atom. The Kier molecular flexibility index (Phi) is 3.87. The van der Waals surface area contributed by atoms with Gasteiger partial charge in [-0.05, 0) is 30.9 Å². The molecule has 2 aliphatic rings. The Balaban J connectivity index is 1.59. The third-order valence-electron chi connectivity index (χ3n) is 3.92. The molecule has 1 saturated carbocycles. The normalized spacial score (nSPS) is 22.6. The van der Waals surface area contributed by atoms with Gasteiger partial charge in [0.1, 0.15) is 6.10 Å². The smallest absolute Gasteiger partial charge is 0.219 e. The molecule has 3 rings (SSSR count). The van der Waals surface area contributed by atoms with Gasteiger partial charge in [-0.25, -0.2) is 0 Å². The van der Waals surface area contributed by atoms with Crippen molar-refractivity contribution >= 4 is 11.6 Å². The fourth-order valence-electron chi connectivity index (χ4n) is 2.40. The molecule has 1 atom stereocenters. The summed E-state index contributed by atoms with van der Waals surface area (Å²) in [6.45, 7) is 4.48. The fraction of sp³-hybridized carbons (Fsp3) is 0.600. The minimum atomic E-state index is -0.106. The number of carbonyl (C=O) groups is 1. The summed E-state index contributed by atoms with van der Waals surface area (Å²) in [5.41, 5.74) is 1.95. The van der Waals surface area contributed by atoms with Crippen LogP contribution in [-0.4, -0.2) is 42.0 Å². The highest BCUT2D eigenvalue weighted by Gasteiger charge is 2.24. The molecule has 1 aromatic heterocycles. The highest BCUT2D eigenvalue weighted by molar-refractivity contribution is 5.73. The molecule has 2 fully saturated rings. The summed E-state index contributed by atoms with van der Waals surface area (Å²) in [4.78, 5) is 17.7. The third kappa shape index (κ3) is 3.28. The number of amides is 1. The monoisotopic (exact) mass is 275 g/mol. The Morgan fingerprint density at radius 2 is 2.35 bits per heavy atom. The molecule has 108 valence electrons. The van der Waals surface area contributed by atoms with E-state index in [4.69, 9.17) is 4.74 Å². The SMILES string of the molecule is CC(=O)N1CCOC(c2ccc(NCC3CC3)cn2)C1. The van der Waals surface area contributed by atoms with E-state index < -0.39 is 0 Å². The first kappa shape index (κ1) is 13.4. The summed E-state index contributed by atoms with van der Waals surface area (Å²) in [5, 5.41) is 3.40. The van der Waals surface area contributed by atoms with Crippen LogP contribution in [0.4, 0.5) is 5.69 Å². The van der Waals surface area contributed by atoms with E-state index in [1.165, 1.54) is 12.8 Å². The molecule has 1 saturated heterocycles. The van der Waals surface area contributed by atoms with E-state index in [1.54, 1.807) is 6.92 Å². The lowest BCUT2D eigenvalue weighted by molar-refractivity contribution is -0.136. The van der Waals surface area contributed by atoms with Gasteiger partial charge < -0.3 is 15.0 Å². The number of nitrogens with zero attached hydrogens (tertiary/aromatic N) is 2. The van der Waals surface area contributed by atoms with E-state index in [2.05, 4.69) is 10.3 Å². The highest BCUT2D eigenvalue weighted by atomic mass is 16.5. The zero-order chi connectivity index (χ0) is 13.9. The Hall–Kier alpha value is -1.62. The van der Waals surface area contributed by atoms with Gasteiger partial charge in [0.25, 0.3) is 0 Å². The van der Waals surface area contributed by atoms with Gasteiger partial charge >= 0.3 is 0 Å². The van der Waals surface area contributed by atoms with Gasteiger partial charge in [-0.3, -0.25) is 9.78 Å². The summed E-state index contributed by atoms with van der Waals surface area (Å²) in [6.07, 6.45) is 4.43. The summed E-state index contributed by atoms with van der Waals surface area (Å²) in [7, 11) is 0. The highest BCUT2D eigenvalue weighted by Crippen LogP contribution is 2.29. The number of carbonyl (C=O) groups excluding carboxylic acids is 1. The number of nitrogens with one attached hydrogen (secondary N) is 1. The van der Waals surface area contributed by atoms with Crippen molar-refractivity contribution in [1.82, 2.24) is 9.88 Å². The first-order valence-electron chi connectivity index (χ1n) is 7.29. The van der Waals surface area contributed by atoms with Crippen molar-refractivity contribution in [1.29, 1.82) is 0 Å². The number of morpholine rings is 1. The van der Waals surface area contributed by atoms with E-state index in [0.29, 0.717) is 19.7 Å². The lowest BCUT2D eigenvalue weighted by Crippen LogP contribution is -2.41. The predicted octanol–water partition coefficient (Wildman–Crippen LogP) is 1.82. The van der Waals surface area contributed by atoms with Crippen LogP contribution in [0, 0.1) is 5.92 Å². The van der Waals surface area contributed by atoms with Crippen molar-refractivity contribution in [3.8, 4) is 0 Å². The second-order valence-electron chi connectivity index (χ2n) is 5.62. The van der Waals surface area contributed by atoms with Gasteiger partial charge in [0.2, 0.25) is 5.91 Å². The number of hydrogen-bond acceptors (Lipinski definition) is 4. The maximum Gasteiger partial charge on any atom is 0.219 e. The zero-order valence-electron chi connectivity index (χ0n) is 11.8. The van der Waals surface area contributed by atoms with Crippen LogP contribution >= 0.6 is 0 Å².